The standard InChI is InChI=1S/C14H23BrN3O3P/c1-8-17-13(16)9(15)7-18(8)14-12(20)11(19)10(21-14)5-6-22(2,3)4/h7,10-12,14,19-20H,1-2,5-6H2,3-4H3,(H2,16,17)/t10?,11-,12-,14-/m1/s1. The van der Waals surface area contributed by atoms with E-state index in [4.69, 9.17) is 10.5 Å². The molecular weight excluding hydrogens is 369 g/mol. The van der Waals surface area contributed by atoms with Crippen molar-refractivity contribution in [3.8, 4) is 0 Å². The topological polar surface area (TPSA) is 91.3 Å². The van der Waals surface area contributed by atoms with Gasteiger partial charge in [-0.3, -0.25) is 0 Å². The number of halogens is 1. The van der Waals surface area contributed by atoms with Gasteiger partial charge >= 0.3 is 0 Å². The molecule has 0 spiro atoms. The predicted molar refractivity (Wildman–Crippen MR) is 95.7 cm³/mol. The van der Waals surface area contributed by atoms with Crippen molar-refractivity contribution in [3.63, 3.8) is 0 Å². The maximum absolute atomic E-state index is 10.3. The summed E-state index contributed by atoms with van der Waals surface area (Å²) >= 11 is 3.29. The first-order valence-electron chi connectivity index (χ1n) is 6.98. The number of aliphatic hydroxyl groups is 2. The fourth-order valence-electron chi connectivity index (χ4n) is 2.41. The van der Waals surface area contributed by atoms with E-state index in [2.05, 4.69) is 47.1 Å². The smallest absolute Gasteiger partial charge is 0.164 e. The summed E-state index contributed by atoms with van der Waals surface area (Å²) in [7, 11) is 0. The minimum Gasteiger partial charge on any atom is -0.388 e. The molecule has 0 aromatic carbocycles. The highest BCUT2D eigenvalue weighted by Gasteiger charge is 2.45. The van der Waals surface area contributed by atoms with Crippen LogP contribution in [0.4, 0.5) is 0 Å². The molecule has 0 amide bonds. The number of amidine groups is 1. The van der Waals surface area contributed by atoms with Crippen LogP contribution in [0.2, 0.25) is 0 Å². The van der Waals surface area contributed by atoms with Crippen molar-refractivity contribution in [3.05, 3.63) is 23.1 Å². The van der Waals surface area contributed by atoms with Gasteiger partial charge in [-0.1, -0.05) is 6.58 Å². The summed E-state index contributed by atoms with van der Waals surface area (Å²) in [6.45, 7) is 6.86. The number of rotatable bonds is 4. The summed E-state index contributed by atoms with van der Waals surface area (Å²) in [6.07, 6.45) is 4.22. The van der Waals surface area contributed by atoms with Gasteiger partial charge in [0.05, 0.1) is 10.6 Å². The minimum atomic E-state index is -1.21. The lowest BCUT2D eigenvalue weighted by Crippen LogP contribution is -2.42. The van der Waals surface area contributed by atoms with E-state index in [1.54, 1.807) is 11.1 Å². The van der Waals surface area contributed by atoms with Crippen molar-refractivity contribution in [2.75, 3.05) is 19.5 Å². The molecule has 4 N–H and O–H groups in total. The first-order valence-corrected chi connectivity index (χ1v) is 10.8. The van der Waals surface area contributed by atoms with Crippen LogP contribution in [-0.4, -0.2) is 71.3 Å². The molecule has 0 aromatic rings. The van der Waals surface area contributed by atoms with E-state index >= 15 is 0 Å². The van der Waals surface area contributed by atoms with E-state index in [9.17, 15) is 10.2 Å². The molecule has 0 radical (unpaired) electrons. The first-order chi connectivity index (χ1) is 10.1. The Morgan fingerprint density at radius 1 is 1.45 bits per heavy atom. The molecule has 124 valence electrons. The molecule has 22 heavy (non-hydrogen) atoms. The van der Waals surface area contributed by atoms with E-state index in [1.165, 1.54) is 0 Å². The van der Waals surface area contributed by atoms with Crippen LogP contribution >= 0.6 is 22.8 Å². The van der Waals surface area contributed by atoms with E-state index in [1.807, 2.05) is 0 Å². The third-order valence-corrected chi connectivity index (χ3v) is 5.75. The number of hydrogen-bond donors (Lipinski definition) is 3. The van der Waals surface area contributed by atoms with Gasteiger partial charge in [-0.2, -0.15) is 0 Å². The van der Waals surface area contributed by atoms with Crippen molar-refractivity contribution in [1.29, 1.82) is 0 Å². The molecule has 1 saturated heterocycles. The largest absolute Gasteiger partial charge is 0.388 e. The molecular formula is C14H23BrN3O3P. The van der Waals surface area contributed by atoms with Gasteiger partial charge in [0.2, 0.25) is 0 Å². The number of aliphatic hydroxyl groups excluding tert-OH is 2. The third kappa shape index (κ3) is 3.84. The van der Waals surface area contributed by atoms with Gasteiger partial charge in [0.15, 0.2) is 6.23 Å². The van der Waals surface area contributed by atoms with Gasteiger partial charge in [-0.15, -0.1) is 13.2 Å². The fraction of sp³-hybridized carbons (Fsp3) is 0.571. The van der Waals surface area contributed by atoms with Crippen LogP contribution in [-0.2, 0) is 4.74 Å². The molecule has 0 aliphatic carbocycles. The monoisotopic (exact) mass is 391 g/mol. The van der Waals surface area contributed by atoms with Crippen LogP contribution in [0.5, 0.6) is 0 Å². The van der Waals surface area contributed by atoms with E-state index in [-0.39, 0.29) is 0 Å². The molecule has 8 heteroatoms. The SMILES string of the molecule is C=C1N=C(N)C(Br)=CN1[C@@H]1OC(CCP(=C)(C)C)[C@@H](O)[C@H]1O. The summed E-state index contributed by atoms with van der Waals surface area (Å²) < 4.78 is 6.44. The lowest BCUT2D eigenvalue weighted by molar-refractivity contribution is -0.0578. The lowest BCUT2D eigenvalue weighted by Gasteiger charge is -2.31. The number of hydrogen-bond acceptors (Lipinski definition) is 6. The van der Waals surface area contributed by atoms with Crippen molar-refractivity contribution in [2.24, 2.45) is 10.7 Å². The minimum absolute atomic E-state index is 0.314. The summed E-state index contributed by atoms with van der Waals surface area (Å²) in [5.41, 5.74) is 5.71. The average molecular weight is 392 g/mol. The highest BCUT2D eigenvalue weighted by Crippen LogP contribution is 2.39. The maximum Gasteiger partial charge on any atom is 0.164 e. The van der Waals surface area contributed by atoms with Gasteiger partial charge in [0, 0.05) is 6.20 Å². The Morgan fingerprint density at radius 3 is 2.68 bits per heavy atom. The molecule has 0 aromatic heterocycles. The average Bonchev–Trinajstić information content (AvgIpc) is 2.68. The molecule has 1 unspecified atom stereocenters. The Labute approximate surface area is 139 Å². The van der Waals surface area contributed by atoms with Gasteiger partial charge in [0.25, 0.3) is 0 Å². The van der Waals surface area contributed by atoms with Crippen LogP contribution in [0.3, 0.4) is 0 Å². The number of nitrogens with zero attached hydrogens (tertiary/aromatic N) is 2. The van der Waals surface area contributed by atoms with Gasteiger partial charge in [-0.25, -0.2) is 4.99 Å². The lowest BCUT2D eigenvalue weighted by atomic mass is 10.1. The Hall–Kier alpha value is -0.590. The molecule has 0 bridgehead atoms. The summed E-state index contributed by atoms with van der Waals surface area (Å²) in [4.78, 5) is 5.68. The van der Waals surface area contributed by atoms with Crippen LogP contribution < -0.4 is 5.73 Å². The number of nitrogens with two attached hydrogens (primary N) is 1. The Kier molecular flexibility index (Phi) is 5.24. The molecule has 6 nitrogen and oxygen atoms in total. The zero-order valence-corrected chi connectivity index (χ0v) is 15.3. The summed E-state index contributed by atoms with van der Waals surface area (Å²) in [5.74, 6) is 0.678. The summed E-state index contributed by atoms with van der Waals surface area (Å²) in [5, 5.41) is 20.5. The van der Waals surface area contributed by atoms with Crippen molar-refractivity contribution < 1.29 is 14.9 Å². The molecule has 2 heterocycles. The van der Waals surface area contributed by atoms with Crippen LogP contribution in [0.15, 0.2) is 28.1 Å². The Morgan fingerprint density at radius 2 is 2.09 bits per heavy atom. The van der Waals surface area contributed by atoms with Crippen molar-refractivity contribution >= 4 is 35.0 Å². The highest BCUT2D eigenvalue weighted by molar-refractivity contribution is 9.12. The number of ether oxygens (including phenoxy) is 1. The second-order valence-corrected chi connectivity index (χ2v) is 11.5. The summed E-state index contributed by atoms with van der Waals surface area (Å²) in [6, 6.07) is 0. The normalized spacial score (nSPS) is 33.0. The quantitative estimate of drug-likeness (QED) is 0.619. The Bertz CT molecular complexity index is 572. The van der Waals surface area contributed by atoms with E-state index in [0.717, 1.165) is 6.16 Å². The number of aliphatic imine (C=N–C) groups is 1. The van der Waals surface area contributed by atoms with Gasteiger partial charge in [-0.05, 0) is 41.8 Å². The predicted octanol–water partition coefficient (Wildman–Crippen LogP) is 0.913. The molecule has 1 fully saturated rings. The van der Waals surface area contributed by atoms with Crippen LogP contribution in [0, 0.1) is 0 Å². The molecule has 4 atom stereocenters. The zero-order chi connectivity index (χ0) is 16.7. The van der Waals surface area contributed by atoms with Crippen LogP contribution in [0.1, 0.15) is 6.42 Å². The van der Waals surface area contributed by atoms with E-state index < -0.39 is 31.4 Å². The molecule has 0 saturated carbocycles. The zero-order valence-electron chi connectivity index (χ0n) is 12.8. The van der Waals surface area contributed by atoms with Crippen molar-refractivity contribution in [1.82, 2.24) is 4.90 Å². The first kappa shape index (κ1) is 17.8. The van der Waals surface area contributed by atoms with Gasteiger partial charge < -0.3 is 25.6 Å². The molecule has 2 aliphatic heterocycles. The molecule has 2 aliphatic rings. The maximum atomic E-state index is 10.3. The second kappa shape index (κ2) is 6.49. The van der Waals surface area contributed by atoms with Crippen LogP contribution in [0.25, 0.3) is 0 Å². The van der Waals surface area contributed by atoms with Gasteiger partial charge in [0.1, 0.15) is 23.9 Å². The fourth-order valence-corrected chi connectivity index (χ4v) is 3.67. The third-order valence-electron chi connectivity index (χ3n) is 3.67. The Balaban J connectivity index is 2.10. The van der Waals surface area contributed by atoms with Crippen molar-refractivity contribution in [2.45, 2.75) is 31.0 Å². The highest BCUT2D eigenvalue weighted by atomic mass is 79.9. The van der Waals surface area contributed by atoms with E-state index in [0.29, 0.717) is 22.6 Å². The molecule has 2 rings (SSSR count). The second-order valence-electron chi connectivity index (χ2n) is 6.29.